The average molecular weight is 414 g/mol. The summed E-state index contributed by atoms with van der Waals surface area (Å²) in [6, 6.07) is 5.19. The normalized spacial score (nSPS) is 17.6. The molecule has 1 heterocycles. The van der Waals surface area contributed by atoms with Crippen LogP contribution in [-0.2, 0) is 14.8 Å². The molecule has 1 fully saturated rings. The zero-order valence-corrected chi connectivity index (χ0v) is 17.8. The Kier molecular flexibility index (Phi) is 8.39. The van der Waals surface area contributed by atoms with E-state index in [1.165, 1.54) is 22.5 Å². The van der Waals surface area contributed by atoms with Gasteiger partial charge in [-0.15, -0.1) is 0 Å². The van der Waals surface area contributed by atoms with E-state index in [9.17, 15) is 17.6 Å². The van der Waals surface area contributed by atoms with Crippen LogP contribution in [0.1, 0.15) is 40.0 Å². The third-order valence-electron chi connectivity index (χ3n) is 4.96. The summed E-state index contributed by atoms with van der Waals surface area (Å²) in [5, 5.41) is 3.02. The molecule has 1 aliphatic rings. The van der Waals surface area contributed by atoms with Gasteiger partial charge in [-0.3, -0.25) is 9.69 Å². The highest BCUT2D eigenvalue weighted by Gasteiger charge is 2.29. The van der Waals surface area contributed by atoms with Crippen LogP contribution < -0.4 is 5.32 Å². The number of nitrogens with one attached hydrogen (secondary N) is 1. The van der Waals surface area contributed by atoms with Crippen molar-refractivity contribution >= 4 is 15.9 Å². The van der Waals surface area contributed by atoms with Gasteiger partial charge in [0.15, 0.2) is 0 Å². The summed E-state index contributed by atoms with van der Waals surface area (Å²) in [4.78, 5) is 14.1. The molecule has 158 valence electrons. The second-order valence-electron chi connectivity index (χ2n) is 7.93. The number of sulfonamides is 1. The van der Waals surface area contributed by atoms with Crippen LogP contribution in [0.15, 0.2) is 29.2 Å². The molecule has 1 amide bonds. The van der Waals surface area contributed by atoms with Gasteiger partial charge in [0, 0.05) is 32.2 Å². The molecule has 28 heavy (non-hydrogen) atoms. The van der Waals surface area contributed by atoms with Gasteiger partial charge < -0.3 is 5.32 Å². The Morgan fingerprint density at radius 1 is 1.14 bits per heavy atom. The van der Waals surface area contributed by atoms with Crippen LogP contribution in [0.2, 0.25) is 0 Å². The smallest absolute Gasteiger partial charge is 0.243 e. The lowest BCUT2D eigenvalue weighted by molar-refractivity contribution is -0.123. The summed E-state index contributed by atoms with van der Waals surface area (Å²) in [5.41, 5.74) is 0. The number of carbonyl (C=O) groups excluding carboxylic acids is 1. The first-order valence-corrected chi connectivity index (χ1v) is 11.4. The summed E-state index contributed by atoms with van der Waals surface area (Å²) in [5.74, 6) is 0.0697. The lowest BCUT2D eigenvalue weighted by atomic mass is 10.0. The van der Waals surface area contributed by atoms with E-state index in [1.807, 2.05) is 11.8 Å². The molecule has 0 saturated carbocycles. The van der Waals surface area contributed by atoms with E-state index in [4.69, 9.17) is 0 Å². The molecule has 2 rings (SSSR count). The number of amides is 1. The fraction of sp³-hybridized carbons (Fsp3) is 0.650. The molecule has 0 unspecified atom stereocenters. The number of hydrogen-bond donors (Lipinski definition) is 1. The number of hydrogen-bond acceptors (Lipinski definition) is 4. The van der Waals surface area contributed by atoms with Gasteiger partial charge in [-0.1, -0.05) is 32.8 Å². The molecule has 1 atom stereocenters. The molecule has 0 aliphatic carbocycles. The molecule has 1 aromatic rings. The van der Waals surface area contributed by atoms with Crippen LogP contribution >= 0.6 is 0 Å². The molecule has 1 saturated heterocycles. The van der Waals surface area contributed by atoms with E-state index >= 15 is 0 Å². The van der Waals surface area contributed by atoms with Crippen molar-refractivity contribution in [2.45, 2.75) is 51.0 Å². The average Bonchev–Trinajstić information content (AvgIpc) is 2.61. The molecule has 0 bridgehead atoms. The third kappa shape index (κ3) is 6.83. The molecular formula is C20H32FN3O3S. The van der Waals surface area contributed by atoms with E-state index in [2.05, 4.69) is 19.2 Å². The molecule has 8 heteroatoms. The number of carbonyl (C=O) groups is 1. The van der Waals surface area contributed by atoms with E-state index in [0.717, 1.165) is 25.3 Å². The van der Waals surface area contributed by atoms with E-state index in [0.29, 0.717) is 19.0 Å². The summed E-state index contributed by atoms with van der Waals surface area (Å²) in [7, 11) is -3.71. The number of nitrogens with zero attached hydrogens (tertiary/aromatic N) is 2. The number of piperazine rings is 1. The number of halogens is 1. The number of rotatable bonds is 9. The van der Waals surface area contributed by atoms with Crippen LogP contribution in [0, 0.1) is 11.7 Å². The first kappa shape index (κ1) is 22.8. The van der Waals surface area contributed by atoms with Gasteiger partial charge in [0.2, 0.25) is 15.9 Å². The van der Waals surface area contributed by atoms with Crippen LogP contribution in [0.5, 0.6) is 0 Å². The molecule has 0 spiro atoms. The van der Waals surface area contributed by atoms with Crippen LogP contribution in [0.4, 0.5) is 4.39 Å². The highest BCUT2D eigenvalue weighted by atomic mass is 32.2. The molecule has 1 aromatic carbocycles. The Bertz CT molecular complexity index is 747. The van der Waals surface area contributed by atoms with Crippen molar-refractivity contribution in [1.29, 1.82) is 0 Å². The Balaban J connectivity index is 1.78. The van der Waals surface area contributed by atoms with Crippen molar-refractivity contribution in [1.82, 2.24) is 14.5 Å². The van der Waals surface area contributed by atoms with Gasteiger partial charge in [-0.05, 0) is 37.5 Å². The van der Waals surface area contributed by atoms with E-state index in [-0.39, 0.29) is 36.5 Å². The summed E-state index contributed by atoms with van der Waals surface area (Å²) < 4.78 is 40.0. The van der Waals surface area contributed by atoms with Crippen molar-refractivity contribution in [3.63, 3.8) is 0 Å². The second kappa shape index (κ2) is 10.3. The maximum absolute atomic E-state index is 13.4. The SMILES string of the molecule is CC(C)CCC[C@H](C)NC(=O)CN1CCN(S(=O)(=O)c2cccc(F)c2)CC1. The van der Waals surface area contributed by atoms with Crippen LogP contribution in [0.25, 0.3) is 0 Å². The highest BCUT2D eigenvalue weighted by molar-refractivity contribution is 7.89. The Morgan fingerprint density at radius 2 is 1.82 bits per heavy atom. The molecule has 1 aliphatic heterocycles. The van der Waals surface area contributed by atoms with Gasteiger partial charge in [0.05, 0.1) is 11.4 Å². The predicted molar refractivity (Wildman–Crippen MR) is 108 cm³/mol. The van der Waals surface area contributed by atoms with Crippen molar-refractivity contribution in [2.24, 2.45) is 5.92 Å². The zero-order valence-electron chi connectivity index (χ0n) is 17.0. The van der Waals surface area contributed by atoms with Crippen molar-refractivity contribution in [3.05, 3.63) is 30.1 Å². The minimum Gasteiger partial charge on any atom is -0.353 e. The maximum atomic E-state index is 13.4. The van der Waals surface area contributed by atoms with Crippen molar-refractivity contribution in [2.75, 3.05) is 32.7 Å². The lowest BCUT2D eigenvalue weighted by Gasteiger charge is -2.33. The van der Waals surface area contributed by atoms with Crippen LogP contribution in [-0.4, -0.2) is 62.3 Å². The monoisotopic (exact) mass is 413 g/mol. The Hall–Kier alpha value is -1.51. The van der Waals surface area contributed by atoms with E-state index in [1.54, 1.807) is 0 Å². The summed E-state index contributed by atoms with van der Waals surface area (Å²) in [6.07, 6.45) is 3.21. The lowest BCUT2D eigenvalue weighted by Crippen LogP contribution is -2.51. The minimum absolute atomic E-state index is 0.0292. The quantitative estimate of drug-likeness (QED) is 0.675. The van der Waals surface area contributed by atoms with E-state index < -0.39 is 15.8 Å². The molecular weight excluding hydrogens is 381 g/mol. The standard InChI is InChI=1S/C20H32FN3O3S/c1-16(2)6-4-7-17(3)22-20(25)15-23-10-12-24(13-11-23)28(26,27)19-9-5-8-18(21)14-19/h5,8-9,14,16-17H,4,6-7,10-13,15H2,1-3H3,(H,22,25)/t17-/m0/s1. The van der Waals surface area contributed by atoms with Gasteiger partial charge in [0.25, 0.3) is 0 Å². The maximum Gasteiger partial charge on any atom is 0.243 e. The number of benzene rings is 1. The first-order valence-electron chi connectivity index (χ1n) is 9.96. The Morgan fingerprint density at radius 3 is 2.43 bits per heavy atom. The molecule has 0 radical (unpaired) electrons. The summed E-state index contributed by atoms with van der Waals surface area (Å²) >= 11 is 0. The topological polar surface area (TPSA) is 69.7 Å². The fourth-order valence-electron chi connectivity index (χ4n) is 3.33. The highest BCUT2D eigenvalue weighted by Crippen LogP contribution is 2.18. The molecule has 0 aromatic heterocycles. The van der Waals surface area contributed by atoms with Gasteiger partial charge >= 0.3 is 0 Å². The summed E-state index contributed by atoms with van der Waals surface area (Å²) in [6.45, 7) is 8.19. The first-order chi connectivity index (χ1) is 13.2. The fourth-order valence-corrected chi connectivity index (χ4v) is 4.79. The second-order valence-corrected chi connectivity index (χ2v) is 9.87. The molecule has 1 N–H and O–H groups in total. The third-order valence-corrected chi connectivity index (χ3v) is 6.85. The van der Waals surface area contributed by atoms with Crippen molar-refractivity contribution < 1.29 is 17.6 Å². The Labute approximate surface area is 168 Å². The van der Waals surface area contributed by atoms with Crippen LogP contribution in [0.3, 0.4) is 0 Å². The van der Waals surface area contributed by atoms with Crippen molar-refractivity contribution in [3.8, 4) is 0 Å². The van der Waals surface area contributed by atoms with Gasteiger partial charge in [0.1, 0.15) is 5.82 Å². The predicted octanol–water partition coefficient (Wildman–Crippen LogP) is 2.46. The minimum atomic E-state index is -3.71. The molecule has 6 nitrogen and oxygen atoms in total. The van der Waals surface area contributed by atoms with Gasteiger partial charge in [-0.2, -0.15) is 4.31 Å². The van der Waals surface area contributed by atoms with Gasteiger partial charge in [-0.25, -0.2) is 12.8 Å². The zero-order chi connectivity index (χ0) is 20.7. The largest absolute Gasteiger partial charge is 0.353 e.